The van der Waals surface area contributed by atoms with Gasteiger partial charge in [0.25, 0.3) is 0 Å². The maximum absolute atomic E-state index is 13.7. The van der Waals surface area contributed by atoms with E-state index in [0.717, 1.165) is 4.57 Å². The van der Waals surface area contributed by atoms with Crippen molar-refractivity contribution in [2.24, 2.45) is 5.73 Å². The third-order valence-electron chi connectivity index (χ3n) is 4.57. The normalized spacial score (nSPS) is 15.4. The van der Waals surface area contributed by atoms with E-state index < -0.39 is 41.4 Å². The van der Waals surface area contributed by atoms with Gasteiger partial charge in [-0.3, -0.25) is 4.79 Å². The molecule has 1 atom stereocenters. The third kappa shape index (κ3) is 4.58. The number of carbonyl (C=O) groups is 1. The summed E-state index contributed by atoms with van der Waals surface area (Å²) in [6.07, 6.45) is -5.07. The fourth-order valence-electron chi connectivity index (χ4n) is 3.19. The Labute approximate surface area is 169 Å². The highest BCUT2D eigenvalue weighted by atomic mass is 79.9. The molecule has 1 aromatic heterocycles. The van der Waals surface area contributed by atoms with Gasteiger partial charge in [-0.15, -0.1) is 0 Å². The number of aromatic nitrogens is 2. The van der Waals surface area contributed by atoms with Crippen LogP contribution in [-0.2, 0) is 30.5 Å². The van der Waals surface area contributed by atoms with Gasteiger partial charge in [-0.05, 0) is 34.0 Å². The topological polar surface area (TPSA) is 64.2 Å². The molecule has 2 N–H and O–H groups in total. The fourth-order valence-corrected chi connectivity index (χ4v) is 3.69. The smallest absolute Gasteiger partial charge is 0.335 e. The zero-order valence-electron chi connectivity index (χ0n) is 14.7. The van der Waals surface area contributed by atoms with Crippen molar-refractivity contribution in [2.75, 3.05) is 6.54 Å². The van der Waals surface area contributed by atoms with E-state index in [-0.39, 0.29) is 48.3 Å². The zero-order valence-corrected chi connectivity index (χ0v) is 16.3. The summed E-state index contributed by atoms with van der Waals surface area (Å²) in [5.74, 6) is -5.03. The molecule has 1 amide bonds. The summed E-state index contributed by atoms with van der Waals surface area (Å²) in [5, 5.41) is 0. The zero-order chi connectivity index (χ0) is 21.5. The summed E-state index contributed by atoms with van der Waals surface area (Å²) in [7, 11) is 0. The number of benzene rings is 1. The molecule has 0 unspecified atom stereocenters. The Hall–Kier alpha value is -2.08. The summed E-state index contributed by atoms with van der Waals surface area (Å²) in [6.45, 7) is -0.180. The number of alkyl halides is 3. The van der Waals surface area contributed by atoms with Crippen LogP contribution in [0.1, 0.15) is 23.5 Å². The van der Waals surface area contributed by atoms with Gasteiger partial charge in [-0.2, -0.15) is 13.2 Å². The predicted molar refractivity (Wildman–Crippen MR) is 93.0 cm³/mol. The van der Waals surface area contributed by atoms with E-state index in [1.807, 2.05) is 0 Å². The molecule has 0 aliphatic carbocycles. The first kappa shape index (κ1) is 21.6. The van der Waals surface area contributed by atoms with Gasteiger partial charge < -0.3 is 15.2 Å². The van der Waals surface area contributed by atoms with Gasteiger partial charge in [0.15, 0.2) is 11.6 Å². The van der Waals surface area contributed by atoms with Crippen molar-refractivity contribution in [1.29, 1.82) is 0 Å². The number of halogens is 7. The van der Waals surface area contributed by atoms with E-state index in [9.17, 15) is 31.1 Å². The largest absolute Gasteiger partial charge is 0.449 e. The second-order valence-corrected chi connectivity index (χ2v) is 7.41. The van der Waals surface area contributed by atoms with Crippen LogP contribution in [0, 0.1) is 17.5 Å². The van der Waals surface area contributed by atoms with Gasteiger partial charge in [0.05, 0.1) is 12.2 Å². The highest BCUT2D eigenvalue weighted by Crippen LogP contribution is 2.34. The van der Waals surface area contributed by atoms with Crippen LogP contribution in [-0.4, -0.2) is 32.9 Å². The van der Waals surface area contributed by atoms with Gasteiger partial charge in [-0.25, -0.2) is 18.2 Å². The van der Waals surface area contributed by atoms with Crippen molar-refractivity contribution in [3.8, 4) is 0 Å². The summed E-state index contributed by atoms with van der Waals surface area (Å²) in [4.78, 5) is 17.3. The molecule has 12 heteroatoms. The Morgan fingerprint density at radius 3 is 2.48 bits per heavy atom. The minimum Gasteiger partial charge on any atom is -0.335 e. The number of nitrogens with two attached hydrogens (primary N) is 1. The molecule has 29 heavy (non-hydrogen) atoms. The molecule has 0 spiro atoms. The number of carbonyl (C=O) groups excluding carboxylic acids is 1. The second kappa shape index (κ2) is 7.98. The first-order valence-electron chi connectivity index (χ1n) is 8.46. The Kier molecular flexibility index (Phi) is 5.95. The lowest BCUT2D eigenvalue weighted by Gasteiger charge is -2.30. The molecule has 1 aromatic carbocycles. The second-order valence-electron chi connectivity index (χ2n) is 6.66. The quantitative estimate of drug-likeness (QED) is 0.534. The maximum atomic E-state index is 13.7. The third-order valence-corrected chi connectivity index (χ3v) is 5.21. The van der Waals surface area contributed by atoms with Crippen LogP contribution in [0.2, 0.25) is 0 Å². The first-order chi connectivity index (χ1) is 13.5. The molecule has 0 fully saturated rings. The molecule has 2 aromatic rings. The number of hydrogen-bond acceptors (Lipinski definition) is 3. The van der Waals surface area contributed by atoms with E-state index in [1.54, 1.807) is 0 Å². The van der Waals surface area contributed by atoms with Crippen molar-refractivity contribution in [1.82, 2.24) is 14.5 Å². The molecule has 0 radical (unpaired) electrons. The summed E-state index contributed by atoms with van der Waals surface area (Å²) < 4.78 is 80.1. The van der Waals surface area contributed by atoms with Crippen LogP contribution < -0.4 is 5.73 Å². The lowest BCUT2D eigenvalue weighted by Crippen LogP contribution is -2.41. The number of imidazole rings is 1. The monoisotopic (exact) mass is 484 g/mol. The van der Waals surface area contributed by atoms with Crippen LogP contribution >= 0.6 is 15.9 Å². The van der Waals surface area contributed by atoms with Gasteiger partial charge >= 0.3 is 6.18 Å². The number of rotatable bonds is 4. The van der Waals surface area contributed by atoms with E-state index in [1.165, 1.54) is 4.90 Å². The van der Waals surface area contributed by atoms with Gasteiger partial charge in [0, 0.05) is 31.6 Å². The van der Waals surface area contributed by atoms with Crippen LogP contribution in [0.25, 0.3) is 0 Å². The van der Waals surface area contributed by atoms with E-state index in [4.69, 9.17) is 5.73 Å². The number of nitrogens with zero attached hydrogens (tertiary/aromatic N) is 3. The predicted octanol–water partition coefficient (Wildman–Crippen LogP) is 3.38. The molecule has 0 saturated heterocycles. The molecule has 1 aliphatic heterocycles. The van der Waals surface area contributed by atoms with Crippen molar-refractivity contribution < 1.29 is 31.1 Å². The van der Waals surface area contributed by atoms with Crippen LogP contribution in [0.3, 0.4) is 0 Å². The highest BCUT2D eigenvalue weighted by molar-refractivity contribution is 9.10. The number of hydrogen-bond donors (Lipinski definition) is 1. The summed E-state index contributed by atoms with van der Waals surface area (Å²) >= 11 is 2.99. The SMILES string of the molecule is N[C@@H](CC(=O)N1CCn2c(C(F)(F)F)nc(Br)c2C1)Cc1cc(F)c(F)cc1F. The minimum absolute atomic E-state index is 0.00418. The summed E-state index contributed by atoms with van der Waals surface area (Å²) in [6, 6.07) is 0.202. The number of fused-ring (bicyclic) bond motifs is 1. The molecular formula is C17H15BrF6N4O. The first-order valence-corrected chi connectivity index (χ1v) is 9.25. The summed E-state index contributed by atoms with van der Waals surface area (Å²) in [5.41, 5.74) is 5.89. The Morgan fingerprint density at radius 1 is 1.17 bits per heavy atom. The fraction of sp³-hybridized carbons (Fsp3) is 0.412. The maximum Gasteiger partial charge on any atom is 0.449 e. The minimum atomic E-state index is -4.62. The molecule has 5 nitrogen and oxygen atoms in total. The molecule has 158 valence electrons. The lowest BCUT2D eigenvalue weighted by atomic mass is 10.0. The standard InChI is InChI=1S/C17H15BrF6N4O/c18-15-13-7-27(1-2-28(13)16(26-15)17(22,23)24)14(29)5-9(25)3-8-4-11(20)12(21)6-10(8)19/h4,6,9H,1-3,5,7,25H2/t9-/m1/s1. The van der Waals surface area contributed by atoms with E-state index in [0.29, 0.717) is 12.1 Å². The van der Waals surface area contributed by atoms with Gasteiger partial charge in [-0.1, -0.05) is 0 Å². The Bertz CT molecular complexity index is 945. The van der Waals surface area contributed by atoms with E-state index >= 15 is 0 Å². The van der Waals surface area contributed by atoms with Crippen molar-refractivity contribution in [3.63, 3.8) is 0 Å². The van der Waals surface area contributed by atoms with Crippen molar-refractivity contribution in [2.45, 2.75) is 38.1 Å². The Balaban J connectivity index is 1.67. The molecule has 1 aliphatic rings. The van der Waals surface area contributed by atoms with Crippen molar-refractivity contribution >= 4 is 21.8 Å². The van der Waals surface area contributed by atoms with Crippen LogP contribution in [0.5, 0.6) is 0 Å². The molecule has 0 saturated carbocycles. The van der Waals surface area contributed by atoms with Crippen LogP contribution in [0.15, 0.2) is 16.7 Å². The molecular weight excluding hydrogens is 470 g/mol. The Morgan fingerprint density at radius 2 is 1.83 bits per heavy atom. The number of amides is 1. The van der Waals surface area contributed by atoms with Gasteiger partial charge in [0.2, 0.25) is 11.7 Å². The average molecular weight is 485 g/mol. The molecule has 2 heterocycles. The molecule has 0 bridgehead atoms. The highest BCUT2D eigenvalue weighted by Gasteiger charge is 2.40. The average Bonchev–Trinajstić information content (AvgIpc) is 2.96. The van der Waals surface area contributed by atoms with Crippen molar-refractivity contribution in [3.05, 3.63) is 51.3 Å². The van der Waals surface area contributed by atoms with Crippen LogP contribution in [0.4, 0.5) is 26.3 Å². The lowest BCUT2D eigenvalue weighted by molar-refractivity contribution is -0.148. The van der Waals surface area contributed by atoms with Gasteiger partial charge in [0.1, 0.15) is 10.4 Å². The van der Waals surface area contributed by atoms with E-state index in [2.05, 4.69) is 20.9 Å². The molecule has 3 rings (SSSR count).